The van der Waals surface area contributed by atoms with Gasteiger partial charge in [0.15, 0.2) is 0 Å². The maximum absolute atomic E-state index is 11.1. The summed E-state index contributed by atoms with van der Waals surface area (Å²) in [5.41, 5.74) is 0. The van der Waals surface area contributed by atoms with Crippen molar-refractivity contribution < 1.29 is 8.42 Å². The van der Waals surface area contributed by atoms with Crippen molar-refractivity contribution in [2.24, 2.45) is 0 Å². The molecular formula is C6H8ClN3O2S. The lowest BCUT2D eigenvalue weighted by atomic mass is 10.6. The minimum absolute atomic E-state index is 0.00534. The predicted molar refractivity (Wildman–Crippen MR) is 50.1 cm³/mol. The summed E-state index contributed by atoms with van der Waals surface area (Å²) in [6.45, 7) is 1.53. The van der Waals surface area contributed by atoms with Gasteiger partial charge in [-0.1, -0.05) is 11.6 Å². The number of aromatic nitrogens is 2. The minimum Gasteiger partial charge on any atom is -0.267 e. The van der Waals surface area contributed by atoms with Crippen molar-refractivity contribution in [3.8, 4) is 0 Å². The molecule has 72 valence electrons. The van der Waals surface area contributed by atoms with Crippen molar-refractivity contribution in [1.29, 1.82) is 0 Å². The smallest absolute Gasteiger partial charge is 0.233 e. The molecule has 0 fully saturated rings. The lowest BCUT2D eigenvalue weighted by Gasteiger charge is -2.03. The first-order valence-electron chi connectivity index (χ1n) is 3.51. The molecule has 0 atom stereocenters. The zero-order valence-corrected chi connectivity index (χ0v) is 8.43. The number of nitrogens with zero attached hydrogens (tertiary/aromatic N) is 2. The van der Waals surface area contributed by atoms with Crippen LogP contribution in [0.4, 0.5) is 5.82 Å². The van der Waals surface area contributed by atoms with E-state index in [2.05, 4.69) is 14.7 Å². The molecule has 0 aromatic carbocycles. The van der Waals surface area contributed by atoms with Crippen LogP contribution in [0.2, 0.25) is 5.15 Å². The lowest BCUT2D eigenvalue weighted by molar-refractivity contribution is 0.602. The Bertz CT molecular complexity index is 393. The van der Waals surface area contributed by atoms with Gasteiger partial charge in [0.05, 0.1) is 5.75 Å². The number of hydrogen-bond acceptors (Lipinski definition) is 4. The highest BCUT2D eigenvalue weighted by Crippen LogP contribution is 2.09. The Labute approximate surface area is 81.2 Å². The van der Waals surface area contributed by atoms with Gasteiger partial charge in [0.1, 0.15) is 17.3 Å². The van der Waals surface area contributed by atoms with Gasteiger partial charge in [0.25, 0.3) is 0 Å². The number of hydrogen-bond donors (Lipinski definition) is 1. The average molecular weight is 222 g/mol. The maximum atomic E-state index is 11.1. The zero-order chi connectivity index (χ0) is 9.90. The number of halogens is 1. The third-order valence-corrected chi connectivity index (χ3v) is 2.76. The summed E-state index contributed by atoms with van der Waals surface area (Å²) in [5.74, 6) is 0.177. The quantitative estimate of drug-likeness (QED) is 0.770. The van der Waals surface area contributed by atoms with E-state index in [1.165, 1.54) is 19.3 Å². The van der Waals surface area contributed by atoms with Crippen molar-refractivity contribution in [2.45, 2.75) is 6.92 Å². The first-order valence-corrected chi connectivity index (χ1v) is 5.54. The second-order valence-corrected chi connectivity index (χ2v) is 4.63. The molecule has 0 aliphatic rings. The maximum Gasteiger partial charge on any atom is 0.233 e. The summed E-state index contributed by atoms with van der Waals surface area (Å²) >= 11 is 5.53. The third kappa shape index (κ3) is 3.16. The van der Waals surface area contributed by atoms with E-state index in [0.29, 0.717) is 0 Å². The van der Waals surface area contributed by atoms with Crippen LogP contribution in [-0.4, -0.2) is 24.1 Å². The normalized spacial score (nSPS) is 11.2. The van der Waals surface area contributed by atoms with Crippen LogP contribution in [-0.2, 0) is 10.0 Å². The van der Waals surface area contributed by atoms with Crippen LogP contribution in [0.3, 0.4) is 0 Å². The van der Waals surface area contributed by atoms with Crippen LogP contribution >= 0.6 is 11.6 Å². The van der Waals surface area contributed by atoms with E-state index < -0.39 is 10.0 Å². The van der Waals surface area contributed by atoms with Crippen molar-refractivity contribution >= 4 is 27.4 Å². The Balaban J connectivity index is 2.87. The summed E-state index contributed by atoms with van der Waals surface area (Å²) in [5, 5.41) is 0.198. The van der Waals surface area contributed by atoms with Crippen LogP contribution in [0.5, 0.6) is 0 Å². The molecule has 5 nitrogen and oxygen atoms in total. The molecule has 13 heavy (non-hydrogen) atoms. The van der Waals surface area contributed by atoms with E-state index >= 15 is 0 Å². The Morgan fingerprint density at radius 1 is 1.54 bits per heavy atom. The van der Waals surface area contributed by atoms with Crippen molar-refractivity contribution in [2.75, 3.05) is 10.5 Å². The molecule has 1 N–H and O–H groups in total. The summed E-state index contributed by atoms with van der Waals surface area (Å²) in [4.78, 5) is 7.30. The van der Waals surface area contributed by atoms with Gasteiger partial charge in [0.2, 0.25) is 10.0 Å². The van der Waals surface area contributed by atoms with Crippen LogP contribution in [0.1, 0.15) is 6.92 Å². The van der Waals surface area contributed by atoms with E-state index in [-0.39, 0.29) is 16.7 Å². The number of nitrogens with one attached hydrogen (secondary N) is 1. The molecule has 0 amide bonds. The van der Waals surface area contributed by atoms with Crippen molar-refractivity contribution in [3.05, 3.63) is 17.5 Å². The Morgan fingerprint density at radius 2 is 2.23 bits per heavy atom. The molecule has 1 rings (SSSR count). The fourth-order valence-electron chi connectivity index (χ4n) is 0.621. The first-order chi connectivity index (χ1) is 6.03. The van der Waals surface area contributed by atoms with E-state index in [0.717, 1.165) is 0 Å². The SMILES string of the molecule is CCS(=O)(=O)Nc1cc(Cl)ncn1. The fraction of sp³-hybridized carbons (Fsp3) is 0.333. The summed E-state index contributed by atoms with van der Waals surface area (Å²) in [7, 11) is -3.29. The van der Waals surface area contributed by atoms with Gasteiger partial charge in [-0.25, -0.2) is 18.4 Å². The Hall–Kier alpha value is -0.880. The molecule has 0 aliphatic heterocycles. The molecule has 0 radical (unpaired) electrons. The molecule has 0 unspecified atom stereocenters. The monoisotopic (exact) mass is 221 g/mol. The van der Waals surface area contributed by atoms with Gasteiger partial charge in [-0.05, 0) is 6.92 Å². The molecular weight excluding hydrogens is 214 g/mol. The van der Waals surface area contributed by atoms with Gasteiger partial charge in [-0.15, -0.1) is 0 Å². The molecule has 1 aromatic rings. The first kappa shape index (κ1) is 10.2. The molecule has 0 bridgehead atoms. The molecule has 0 saturated heterocycles. The largest absolute Gasteiger partial charge is 0.267 e. The highest BCUT2D eigenvalue weighted by atomic mass is 35.5. The zero-order valence-electron chi connectivity index (χ0n) is 6.86. The number of anilines is 1. The van der Waals surface area contributed by atoms with Gasteiger partial charge in [-0.3, -0.25) is 4.72 Å². The number of sulfonamides is 1. The van der Waals surface area contributed by atoms with Crippen LogP contribution in [0.15, 0.2) is 12.4 Å². The lowest BCUT2D eigenvalue weighted by Crippen LogP contribution is -2.15. The van der Waals surface area contributed by atoms with Gasteiger partial charge < -0.3 is 0 Å². The van der Waals surface area contributed by atoms with Crippen LogP contribution in [0, 0.1) is 0 Å². The van der Waals surface area contributed by atoms with Crippen molar-refractivity contribution in [1.82, 2.24) is 9.97 Å². The Morgan fingerprint density at radius 3 is 2.77 bits per heavy atom. The van der Waals surface area contributed by atoms with Gasteiger partial charge >= 0.3 is 0 Å². The standard InChI is InChI=1S/C6H8ClN3O2S/c1-2-13(11,12)10-6-3-5(7)8-4-9-6/h3-4H,2H2,1H3,(H,8,9,10). The minimum atomic E-state index is -3.29. The van der Waals surface area contributed by atoms with E-state index in [1.807, 2.05) is 0 Å². The highest BCUT2D eigenvalue weighted by Gasteiger charge is 2.07. The fourth-order valence-corrected chi connectivity index (χ4v) is 1.34. The summed E-state index contributed by atoms with van der Waals surface area (Å²) in [6.07, 6.45) is 1.19. The van der Waals surface area contributed by atoms with E-state index in [9.17, 15) is 8.42 Å². The topological polar surface area (TPSA) is 72.0 Å². The van der Waals surface area contributed by atoms with Gasteiger partial charge in [-0.2, -0.15) is 0 Å². The second kappa shape index (κ2) is 3.89. The number of rotatable bonds is 3. The molecule has 1 heterocycles. The van der Waals surface area contributed by atoms with Crippen molar-refractivity contribution in [3.63, 3.8) is 0 Å². The van der Waals surface area contributed by atoms with Crippen LogP contribution in [0.25, 0.3) is 0 Å². The molecule has 0 aliphatic carbocycles. The van der Waals surface area contributed by atoms with E-state index in [4.69, 9.17) is 11.6 Å². The Kier molecular flexibility index (Phi) is 3.05. The average Bonchev–Trinajstić information content (AvgIpc) is 2.03. The molecule has 7 heteroatoms. The predicted octanol–water partition coefficient (Wildman–Crippen LogP) is 0.892. The second-order valence-electron chi connectivity index (χ2n) is 2.23. The van der Waals surface area contributed by atoms with Crippen LogP contribution < -0.4 is 4.72 Å². The molecule has 0 spiro atoms. The molecule has 0 saturated carbocycles. The van der Waals surface area contributed by atoms with E-state index in [1.54, 1.807) is 0 Å². The third-order valence-electron chi connectivity index (χ3n) is 1.27. The molecule has 1 aromatic heterocycles. The highest BCUT2D eigenvalue weighted by molar-refractivity contribution is 7.92. The summed E-state index contributed by atoms with van der Waals surface area (Å²) < 4.78 is 24.4. The van der Waals surface area contributed by atoms with Gasteiger partial charge in [0, 0.05) is 6.07 Å². The summed E-state index contributed by atoms with van der Waals surface area (Å²) in [6, 6.07) is 1.34.